The van der Waals surface area contributed by atoms with Gasteiger partial charge in [-0.3, -0.25) is 0 Å². The standard InChI is InChI=1S/C12H16FNO2/c13-10-3-9(4-11(16)5-10)12(7-15)14-6-8-1-2-8/h3-5,8,12,14-16H,1-2,6-7H2. The summed E-state index contributed by atoms with van der Waals surface area (Å²) >= 11 is 0. The van der Waals surface area contributed by atoms with Gasteiger partial charge in [-0.15, -0.1) is 0 Å². The first-order chi connectivity index (χ1) is 7.69. The molecule has 0 heterocycles. The van der Waals surface area contributed by atoms with Crippen LogP contribution in [0, 0.1) is 11.7 Å². The Balaban J connectivity index is 2.04. The minimum atomic E-state index is -0.485. The fourth-order valence-electron chi connectivity index (χ4n) is 1.72. The predicted octanol–water partition coefficient (Wildman–Crippen LogP) is 1.56. The van der Waals surface area contributed by atoms with Gasteiger partial charge in [-0.25, -0.2) is 4.39 Å². The number of hydrogen-bond acceptors (Lipinski definition) is 3. The van der Waals surface area contributed by atoms with Crippen LogP contribution >= 0.6 is 0 Å². The van der Waals surface area contributed by atoms with Crippen LogP contribution in [0.25, 0.3) is 0 Å². The molecule has 3 N–H and O–H groups in total. The Morgan fingerprint density at radius 3 is 2.69 bits per heavy atom. The summed E-state index contributed by atoms with van der Waals surface area (Å²) in [6.07, 6.45) is 2.44. The first-order valence-electron chi connectivity index (χ1n) is 5.52. The number of phenolic OH excluding ortho intramolecular Hbond substituents is 1. The van der Waals surface area contributed by atoms with E-state index in [-0.39, 0.29) is 18.4 Å². The molecule has 1 fully saturated rings. The fraction of sp³-hybridized carbons (Fsp3) is 0.500. The molecule has 2 rings (SSSR count). The number of aliphatic hydroxyl groups excluding tert-OH is 1. The average Bonchev–Trinajstić information content (AvgIpc) is 3.01. The van der Waals surface area contributed by atoms with E-state index < -0.39 is 5.82 Å². The number of phenols is 1. The molecule has 4 heteroatoms. The van der Waals surface area contributed by atoms with Crippen LogP contribution in [-0.4, -0.2) is 23.4 Å². The van der Waals surface area contributed by atoms with Gasteiger partial charge in [-0.05, 0) is 43.0 Å². The van der Waals surface area contributed by atoms with Crippen LogP contribution in [0.4, 0.5) is 4.39 Å². The zero-order valence-corrected chi connectivity index (χ0v) is 8.99. The highest BCUT2D eigenvalue weighted by Gasteiger charge is 2.22. The van der Waals surface area contributed by atoms with Gasteiger partial charge in [0.05, 0.1) is 12.6 Å². The summed E-state index contributed by atoms with van der Waals surface area (Å²) in [6.45, 7) is 0.734. The lowest BCUT2D eigenvalue weighted by molar-refractivity contribution is 0.243. The summed E-state index contributed by atoms with van der Waals surface area (Å²) in [6, 6.07) is 3.56. The molecule has 1 unspecified atom stereocenters. The number of benzene rings is 1. The maximum atomic E-state index is 13.1. The van der Waals surface area contributed by atoms with Crippen LogP contribution in [0.15, 0.2) is 18.2 Å². The van der Waals surface area contributed by atoms with Crippen molar-refractivity contribution in [2.45, 2.75) is 18.9 Å². The molecule has 0 amide bonds. The number of aromatic hydroxyl groups is 1. The number of nitrogens with one attached hydrogen (secondary N) is 1. The first kappa shape index (κ1) is 11.4. The lowest BCUT2D eigenvalue weighted by atomic mass is 10.1. The Morgan fingerprint density at radius 2 is 2.12 bits per heavy atom. The van der Waals surface area contributed by atoms with Crippen molar-refractivity contribution in [1.29, 1.82) is 0 Å². The van der Waals surface area contributed by atoms with Gasteiger partial charge in [-0.1, -0.05) is 0 Å². The van der Waals surface area contributed by atoms with E-state index in [4.69, 9.17) is 0 Å². The lowest BCUT2D eigenvalue weighted by Gasteiger charge is -2.16. The van der Waals surface area contributed by atoms with E-state index in [1.54, 1.807) is 0 Å². The number of hydrogen-bond donors (Lipinski definition) is 3. The molecule has 16 heavy (non-hydrogen) atoms. The molecule has 0 bridgehead atoms. The second-order valence-corrected chi connectivity index (χ2v) is 4.33. The van der Waals surface area contributed by atoms with E-state index in [2.05, 4.69) is 5.32 Å². The van der Waals surface area contributed by atoms with E-state index in [1.807, 2.05) is 0 Å². The van der Waals surface area contributed by atoms with Crippen LogP contribution in [0.1, 0.15) is 24.4 Å². The van der Waals surface area contributed by atoms with Crippen LogP contribution in [0.2, 0.25) is 0 Å². The molecule has 0 spiro atoms. The van der Waals surface area contributed by atoms with Crippen molar-refractivity contribution < 1.29 is 14.6 Å². The highest BCUT2D eigenvalue weighted by molar-refractivity contribution is 5.30. The Bertz CT molecular complexity index is 346. The molecular formula is C12H16FNO2. The fourth-order valence-corrected chi connectivity index (χ4v) is 1.72. The molecule has 0 saturated heterocycles. The van der Waals surface area contributed by atoms with Crippen molar-refractivity contribution in [3.63, 3.8) is 0 Å². The van der Waals surface area contributed by atoms with Gasteiger partial charge < -0.3 is 15.5 Å². The number of halogens is 1. The smallest absolute Gasteiger partial charge is 0.127 e. The molecule has 1 aliphatic rings. The highest BCUT2D eigenvalue weighted by Crippen LogP contribution is 2.29. The summed E-state index contributed by atoms with van der Waals surface area (Å²) < 4.78 is 13.1. The molecule has 0 aromatic heterocycles. The maximum absolute atomic E-state index is 13.1. The zero-order valence-electron chi connectivity index (χ0n) is 8.99. The van der Waals surface area contributed by atoms with Crippen LogP contribution in [0.5, 0.6) is 5.75 Å². The Morgan fingerprint density at radius 1 is 1.38 bits per heavy atom. The van der Waals surface area contributed by atoms with Crippen LogP contribution in [-0.2, 0) is 0 Å². The zero-order chi connectivity index (χ0) is 11.5. The summed E-state index contributed by atoms with van der Waals surface area (Å²) in [5.41, 5.74) is 0.584. The summed E-state index contributed by atoms with van der Waals surface area (Å²) in [4.78, 5) is 0. The van der Waals surface area contributed by atoms with Crippen molar-refractivity contribution in [3.8, 4) is 5.75 Å². The van der Waals surface area contributed by atoms with Gasteiger partial charge in [0.15, 0.2) is 0 Å². The maximum Gasteiger partial charge on any atom is 0.127 e. The third-order valence-electron chi connectivity index (χ3n) is 2.84. The average molecular weight is 225 g/mol. The van der Waals surface area contributed by atoms with Crippen molar-refractivity contribution in [2.24, 2.45) is 5.92 Å². The third-order valence-corrected chi connectivity index (χ3v) is 2.84. The van der Waals surface area contributed by atoms with E-state index in [0.29, 0.717) is 11.5 Å². The summed E-state index contributed by atoms with van der Waals surface area (Å²) in [5, 5.41) is 21.7. The largest absolute Gasteiger partial charge is 0.508 e. The molecule has 1 saturated carbocycles. The quantitative estimate of drug-likeness (QED) is 0.713. The van der Waals surface area contributed by atoms with Crippen molar-refractivity contribution in [1.82, 2.24) is 5.32 Å². The van der Waals surface area contributed by atoms with Gasteiger partial charge in [-0.2, -0.15) is 0 Å². The number of aliphatic hydroxyl groups is 1. The SMILES string of the molecule is OCC(NCC1CC1)c1cc(O)cc(F)c1. The Hall–Kier alpha value is -1.13. The summed E-state index contributed by atoms with van der Waals surface area (Å²) in [7, 11) is 0. The van der Waals surface area contributed by atoms with Crippen molar-refractivity contribution in [2.75, 3.05) is 13.2 Å². The normalized spacial score (nSPS) is 17.4. The molecule has 0 radical (unpaired) electrons. The second kappa shape index (κ2) is 4.80. The van der Waals surface area contributed by atoms with E-state index in [0.717, 1.165) is 12.6 Å². The van der Waals surface area contributed by atoms with Gasteiger partial charge in [0.25, 0.3) is 0 Å². The van der Waals surface area contributed by atoms with E-state index >= 15 is 0 Å². The topological polar surface area (TPSA) is 52.5 Å². The van der Waals surface area contributed by atoms with Gasteiger partial charge in [0, 0.05) is 6.07 Å². The first-order valence-corrected chi connectivity index (χ1v) is 5.52. The molecule has 88 valence electrons. The predicted molar refractivity (Wildman–Crippen MR) is 58.6 cm³/mol. The Kier molecular flexibility index (Phi) is 3.41. The van der Waals surface area contributed by atoms with E-state index in [9.17, 15) is 14.6 Å². The second-order valence-electron chi connectivity index (χ2n) is 4.33. The lowest BCUT2D eigenvalue weighted by Crippen LogP contribution is -2.26. The molecule has 1 aromatic carbocycles. The van der Waals surface area contributed by atoms with Crippen molar-refractivity contribution >= 4 is 0 Å². The Labute approximate surface area is 93.9 Å². The molecular weight excluding hydrogens is 209 g/mol. The van der Waals surface area contributed by atoms with Crippen LogP contribution in [0.3, 0.4) is 0 Å². The highest BCUT2D eigenvalue weighted by atomic mass is 19.1. The van der Waals surface area contributed by atoms with Crippen LogP contribution < -0.4 is 5.32 Å². The molecule has 3 nitrogen and oxygen atoms in total. The minimum Gasteiger partial charge on any atom is -0.508 e. The summed E-state index contributed by atoms with van der Waals surface area (Å²) in [5.74, 6) is 0.0968. The van der Waals surface area contributed by atoms with Gasteiger partial charge in [0.2, 0.25) is 0 Å². The third kappa shape index (κ3) is 2.93. The van der Waals surface area contributed by atoms with Gasteiger partial charge in [0.1, 0.15) is 11.6 Å². The molecule has 1 aliphatic carbocycles. The van der Waals surface area contributed by atoms with Gasteiger partial charge >= 0.3 is 0 Å². The minimum absolute atomic E-state index is 0.102. The molecule has 1 aromatic rings. The molecule has 0 aliphatic heterocycles. The van der Waals surface area contributed by atoms with E-state index in [1.165, 1.54) is 25.0 Å². The monoisotopic (exact) mass is 225 g/mol. The van der Waals surface area contributed by atoms with Crippen molar-refractivity contribution in [3.05, 3.63) is 29.6 Å². The molecule has 1 atom stereocenters. The number of rotatable bonds is 5.